The Balaban J connectivity index is 1.46. The number of benzene rings is 1. The summed E-state index contributed by atoms with van der Waals surface area (Å²) < 4.78 is 1.93. The predicted octanol–water partition coefficient (Wildman–Crippen LogP) is 3.98. The van der Waals surface area contributed by atoms with Crippen molar-refractivity contribution in [2.45, 2.75) is 64.0 Å². The van der Waals surface area contributed by atoms with Gasteiger partial charge in [0, 0.05) is 18.9 Å². The molecule has 2 aromatic rings. The van der Waals surface area contributed by atoms with Gasteiger partial charge in [0.1, 0.15) is 5.82 Å². The molecule has 1 aromatic carbocycles. The Bertz CT molecular complexity index is 751. The summed E-state index contributed by atoms with van der Waals surface area (Å²) in [5.74, 6) is 0.447. The highest BCUT2D eigenvalue weighted by Crippen LogP contribution is 2.29. The van der Waals surface area contributed by atoms with Crippen LogP contribution in [0.15, 0.2) is 42.6 Å². The molecule has 1 atom stereocenters. The molecular formula is C21H28N4O2. The highest BCUT2D eigenvalue weighted by Gasteiger charge is 2.19. The monoisotopic (exact) mass is 368 g/mol. The highest BCUT2D eigenvalue weighted by molar-refractivity contribution is 5.92. The van der Waals surface area contributed by atoms with Crippen LogP contribution in [0.5, 0.6) is 0 Å². The molecule has 1 aromatic heterocycles. The Kier molecular flexibility index (Phi) is 6.63. The Morgan fingerprint density at radius 3 is 2.52 bits per heavy atom. The topological polar surface area (TPSA) is 76.0 Å². The summed E-state index contributed by atoms with van der Waals surface area (Å²) in [4.78, 5) is 24.4. The highest BCUT2D eigenvalue weighted by atomic mass is 16.2. The molecule has 144 valence electrons. The van der Waals surface area contributed by atoms with E-state index in [0.29, 0.717) is 6.04 Å². The first kappa shape index (κ1) is 19.1. The number of nitrogens with one attached hydrogen (secondary N) is 2. The number of amides is 2. The fourth-order valence-corrected chi connectivity index (χ4v) is 3.60. The van der Waals surface area contributed by atoms with Gasteiger partial charge in [-0.15, -0.1) is 0 Å². The number of carbonyl (C=O) groups excluding carboxylic acids is 2. The smallest absolute Gasteiger partial charge is 0.226 e. The zero-order valence-electron chi connectivity index (χ0n) is 15.9. The molecule has 0 bridgehead atoms. The van der Waals surface area contributed by atoms with Crippen molar-refractivity contribution in [2.75, 3.05) is 5.32 Å². The first-order valence-electron chi connectivity index (χ1n) is 9.81. The number of nitrogens with zero attached hydrogens (tertiary/aromatic N) is 2. The Hall–Kier alpha value is -2.63. The summed E-state index contributed by atoms with van der Waals surface area (Å²) in [5.41, 5.74) is 1.05. The average Bonchev–Trinajstić information content (AvgIpc) is 3.16. The fourth-order valence-electron chi connectivity index (χ4n) is 3.60. The van der Waals surface area contributed by atoms with Crippen molar-refractivity contribution in [1.29, 1.82) is 0 Å². The van der Waals surface area contributed by atoms with Crippen molar-refractivity contribution in [3.05, 3.63) is 48.2 Å². The van der Waals surface area contributed by atoms with Crippen LogP contribution in [0.25, 0.3) is 0 Å². The minimum Gasteiger partial charge on any atom is -0.350 e. The molecular weight excluding hydrogens is 340 g/mol. The summed E-state index contributed by atoms with van der Waals surface area (Å²) >= 11 is 0. The van der Waals surface area contributed by atoms with E-state index in [0.717, 1.165) is 24.2 Å². The van der Waals surface area contributed by atoms with E-state index in [9.17, 15) is 9.59 Å². The quantitative estimate of drug-likeness (QED) is 0.776. The molecule has 1 fully saturated rings. The molecule has 1 aliphatic rings. The predicted molar refractivity (Wildman–Crippen MR) is 105 cm³/mol. The zero-order chi connectivity index (χ0) is 19.1. The number of carbonyl (C=O) groups is 2. The van der Waals surface area contributed by atoms with Gasteiger partial charge >= 0.3 is 0 Å². The van der Waals surface area contributed by atoms with E-state index in [1.54, 1.807) is 6.20 Å². The van der Waals surface area contributed by atoms with E-state index >= 15 is 0 Å². The Morgan fingerprint density at radius 1 is 1.07 bits per heavy atom. The van der Waals surface area contributed by atoms with Gasteiger partial charge in [-0.05, 0) is 25.3 Å². The van der Waals surface area contributed by atoms with Crippen molar-refractivity contribution >= 4 is 17.6 Å². The van der Waals surface area contributed by atoms with Crippen LogP contribution in [-0.4, -0.2) is 21.6 Å². The first-order valence-corrected chi connectivity index (χ1v) is 9.81. The van der Waals surface area contributed by atoms with Crippen molar-refractivity contribution in [2.24, 2.45) is 0 Å². The zero-order valence-corrected chi connectivity index (χ0v) is 15.9. The van der Waals surface area contributed by atoms with Crippen molar-refractivity contribution in [1.82, 2.24) is 15.1 Å². The number of hydrogen-bond acceptors (Lipinski definition) is 3. The summed E-state index contributed by atoms with van der Waals surface area (Å²) in [6, 6.07) is 11.9. The van der Waals surface area contributed by atoms with Crippen LogP contribution in [0.1, 0.15) is 69.5 Å². The second-order valence-corrected chi connectivity index (χ2v) is 7.20. The van der Waals surface area contributed by atoms with Gasteiger partial charge in [-0.2, -0.15) is 5.10 Å². The van der Waals surface area contributed by atoms with Crippen LogP contribution < -0.4 is 10.6 Å². The van der Waals surface area contributed by atoms with Crippen LogP contribution in [0, 0.1) is 0 Å². The van der Waals surface area contributed by atoms with Gasteiger partial charge in [-0.1, -0.05) is 49.6 Å². The molecule has 0 spiro atoms. The lowest BCUT2D eigenvalue weighted by Crippen LogP contribution is -2.28. The fraction of sp³-hybridized carbons (Fsp3) is 0.476. The van der Waals surface area contributed by atoms with E-state index in [-0.39, 0.29) is 30.7 Å². The van der Waals surface area contributed by atoms with E-state index in [4.69, 9.17) is 0 Å². The average molecular weight is 368 g/mol. The number of anilines is 1. The van der Waals surface area contributed by atoms with Gasteiger partial charge < -0.3 is 10.6 Å². The van der Waals surface area contributed by atoms with Gasteiger partial charge in [-0.25, -0.2) is 4.68 Å². The van der Waals surface area contributed by atoms with Gasteiger partial charge in [0.2, 0.25) is 11.8 Å². The summed E-state index contributed by atoms with van der Waals surface area (Å²) in [6.45, 7) is 1.94. The molecule has 1 saturated carbocycles. The van der Waals surface area contributed by atoms with Crippen LogP contribution in [0.2, 0.25) is 0 Å². The molecule has 0 unspecified atom stereocenters. The molecule has 0 aliphatic heterocycles. The molecule has 1 aliphatic carbocycles. The Morgan fingerprint density at radius 2 is 1.78 bits per heavy atom. The minimum atomic E-state index is -0.157. The maximum absolute atomic E-state index is 12.3. The lowest BCUT2D eigenvalue weighted by Gasteiger charge is -2.23. The van der Waals surface area contributed by atoms with Crippen molar-refractivity contribution in [3.8, 4) is 0 Å². The number of rotatable bonds is 7. The third kappa shape index (κ3) is 5.42. The maximum atomic E-state index is 12.3. The third-order valence-electron chi connectivity index (χ3n) is 5.11. The number of hydrogen-bond donors (Lipinski definition) is 2. The third-order valence-corrected chi connectivity index (χ3v) is 5.11. The Labute approximate surface area is 160 Å². The normalized spacial score (nSPS) is 15.9. The van der Waals surface area contributed by atoms with E-state index in [1.807, 2.05) is 48.0 Å². The molecule has 0 saturated heterocycles. The van der Waals surface area contributed by atoms with Crippen LogP contribution >= 0.6 is 0 Å². The number of aromatic nitrogens is 2. The van der Waals surface area contributed by atoms with Gasteiger partial charge in [0.25, 0.3) is 0 Å². The lowest BCUT2D eigenvalue weighted by atomic mass is 9.96. The van der Waals surface area contributed by atoms with Gasteiger partial charge in [-0.3, -0.25) is 9.59 Å². The molecule has 3 rings (SSSR count). The second kappa shape index (κ2) is 9.35. The maximum Gasteiger partial charge on any atom is 0.226 e. The van der Waals surface area contributed by atoms with Gasteiger partial charge in [0.15, 0.2) is 0 Å². The molecule has 2 N–H and O–H groups in total. The van der Waals surface area contributed by atoms with Gasteiger partial charge in [0.05, 0.1) is 18.3 Å². The first-order chi connectivity index (χ1) is 13.1. The molecule has 1 heterocycles. The summed E-state index contributed by atoms with van der Waals surface area (Å²) in [6.07, 6.45) is 7.93. The second-order valence-electron chi connectivity index (χ2n) is 7.20. The van der Waals surface area contributed by atoms with E-state index < -0.39 is 0 Å². The van der Waals surface area contributed by atoms with Crippen molar-refractivity contribution in [3.63, 3.8) is 0 Å². The van der Waals surface area contributed by atoms with Crippen LogP contribution in [0.3, 0.4) is 0 Å². The SMILES string of the molecule is C[C@@H](NC(=O)CCC(=O)Nc1ccnn1C1CCCCC1)c1ccccc1. The lowest BCUT2D eigenvalue weighted by molar-refractivity contribution is -0.124. The molecule has 2 amide bonds. The molecule has 0 radical (unpaired) electrons. The van der Waals surface area contributed by atoms with Crippen LogP contribution in [-0.2, 0) is 9.59 Å². The van der Waals surface area contributed by atoms with Crippen molar-refractivity contribution < 1.29 is 9.59 Å². The summed E-state index contributed by atoms with van der Waals surface area (Å²) in [5, 5.41) is 10.2. The van der Waals surface area contributed by atoms with E-state index in [1.165, 1.54) is 19.3 Å². The van der Waals surface area contributed by atoms with E-state index in [2.05, 4.69) is 15.7 Å². The molecule has 6 nitrogen and oxygen atoms in total. The summed E-state index contributed by atoms with van der Waals surface area (Å²) in [7, 11) is 0. The van der Waals surface area contributed by atoms with Crippen LogP contribution in [0.4, 0.5) is 5.82 Å². The molecule has 6 heteroatoms. The molecule has 27 heavy (non-hydrogen) atoms. The largest absolute Gasteiger partial charge is 0.350 e. The minimum absolute atomic E-state index is 0.0745. The standard InChI is InChI=1S/C21H28N4O2/c1-16(17-8-4-2-5-9-17)23-20(26)12-13-21(27)24-19-14-15-22-25(19)18-10-6-3-7-11-18/h2,4-5,8-9,14-16,18H,3,6-7,10-13H2,1H3,(H,23,26)(H,24,27)/t16-/m1/s1.